The lowest BCUT2D eigenvalue weighted by atomic mass is 10.1. The van der Waals surface area contributed by atoms with Gasteiger partial charge in [0.1, 0.15) is 5.75 Å². The lowest BCUT2D eigenvalue weighted by molar-refractivity contribution is 0.173. The van der Waals surface area contributed by atoms with E-state index >= 15 is 0 Å². The third kappa shape index (κ3) is 2.53. The summed E-state index contributed by atoms with van der Waals surface area (Å²) in [7, 11) is 1.93. The number of fused-ring (bicyclic) bond motifs is 1. The second kappa shape index (κ2) is 5.06. The average molecular weight is 249 g/mol. The van der Waals surface area contributed by atoms with Gasteiger partial charge >= 0.3 is 0 Å². The van der Waals surface area contributed by atoms with Crippen molar-refractivity contribution in [2.75, 3.05) is 20.4 Å². The molecule has 0 unspecified atom stereocenters. The Bertz CT molecular complexity index is 429. The molecule has 1 saturated carbocycles. The fourth-order valence-corrected chi connectivity index (χ4v) is 2.17. The third-order valence-corrected chi connectivity index (χ3v) is 3.40. The van der Waals surface area contributed by atoms with Crippen LogP contribution in [0.3, 0.4) is 0 Å². The second-order valence-corrected chi connectivity index (χ2v) is 4.92. The standard InChI is InChI=1S/C14H19NO3/c1-15-8-11-6-13-14(18-9-17-13)7-12(11)16-5-4-10-2-3-10/h6-7,10,15H,2-5,8-9H2,1H3. The van der Waals surface area contributed by atoms with Gasteiger partial charge in [-0.3, -0.25) is 0 Å². The van der Waals surface area contributed by atoms with Gasteiger partial charge in [-0.25, -0.2) is 0 Å². The number of benzene rings is 1. The Morgan fingerprint density at radius 2 is 2.06 bits per heavy atom. The van der Waals surface area contributed by atoms with Crippen molar-refractivity contribution in [1.29, 1.82) is 0 Å². The summed E-state index contributed by atoms with van der Waals surface area (Å²) in [4.78, 5) is 0. The predicted molar refractivity (Wildman–Crippen MR) is 68.2 cm³/mol. The first-order valence-electron chi connectivity index (χ1n) is 6.56. The molecule has 18 heavy (non-hydrogen) atoms. The molecule has 0 saturated heterocycles. The molecule has 1 aliphatic carbocycles. The van der Waals surface area contributed by atoms with Crippen molar-refractivity contribution < 1.29 is 14.2 Å². The van der Waals surface area contributed by atoms with Crippen LogP contribution in [-0.2, 0) is 6.54 Å². The minimum absolute atomic E-state index is 0.305. The van der Waals surface area contributed by atoms with Gasteiger partial charge < -0.3 is 19.5 Å². The van der Waals surface area contributed by atoms with Crippen molar-refractivity contribution in [3.63, 3.8) is 0 Å². The van der Waals surface area contributed by atoms with E-state index in [0.29, 0.717) is 6.79 Å². The first-order chi connectivity index (χ1) is 8.86. The third-order valence-electron chi connectivity index (χ3n) is 3.40. The normalized spacial score (nSPS) is 16.9. The quantitative estimate of drug-likeness (QED) is 0.840. The van der Waals surface area contributed by atoms with Crippen LogP contribution in [0.2, 0.25) is 0 Å². The van der Waals surface area contributed by atoms with Gasteiger partial charge in [-0.15, -0.1) is 0 Å². The molecule has 0 amide bonds. The van der Waals surface area contributed by atoms with Crippen molar-refractivity contribution in [3.8, 4) is 17.2 Å². The summed E-state index contributed by atoms with van der Waals surface area (Å²) in [6.45, 7) is 1.87. The number of ether oxygens (including phenoxy) is 3. The molecule has 1 N–H and O–H groups in total. The van der Waals surface area contributed by atoms with Crippen LogP contribution in [0.4, 0.5) is 0 Å². The average Bonchev–Trinajstić information content (AvgIpc) is 3.07. The molecule has 3 rings (SSSR count). The molecule has 1 aliphatic heterocycles. The summed E-state index contributed by atoms with van der Waals surface area (Å²) in [6.07, 6.45) is 3.90. The van der Waals surface area contributed by atoms with Crippen LogP contribution in [0.5, 0.6) is 17.2 Å². The molecule has 1 fully saturated rings. The molecule has 4 nitrogen and oxygen atoms in total. The number of hydrogen-bond acceptors (Lipinski definition) is 4. The van der Waals surface area contributed by atoms with Crippen LogP contribution >= 0.6 is 0 Å². The van der Waals surface area contributed by atoms with E-state index in [1.165, 1.54) is 12.8 Å². The molecule has 0 radical (unpaired) electrons. The van der Waals surface area contributed by atoms with Gasteiger partial charge in [0.05, 0.1) is 6.61 Å². The first-order valence-corrected chi connectivity index (χ1v) is 6.56. The van der Waals surface area contributed by atoms with E-state index in [0.717, 1.165) is 48.3 Å². The van der Waals surface area contributed by atoms with Crippen LogP contribution < -0.4 is 19.5 Å². The Kier molecular flexibility index (Phi) is 3.28. The van der Waals surface area contributed by atoms with Gasteiger partial charge in [-0.1, -0.05) is 12.8 Å². The lowest BCUT2D eigenvalue weighted by Gasteiger charge is -2.12. The van der Waals surface area contributed by atoms with Crippen LogP contribution in [0.15, 0.2) is 12.1 Å². The first kappa shape index (κ1) is 11.7. The van der Waals surface area contributed by atoms with E-state index < -0.39 is 0 Å². The molecule has 0 aromatic heterocycles. The minimum Gasteiger partial charge on any atom is -0.493 e. The SMILES string of the molecule is CNCc1cc2c(cc1OCCC1CC1)OCO2. The molecule has 98 valence electrons. The zero-order valence-electron chi connectivity index (χ0n) is 10.7. The predicted octanol–water partition coefficient (Wildman–Crippen LogP) is 2.31. The highest BCUT2D eigenvalue weighted by atomic mass is 16.7. The molecule has 0 spiro atoms. The Morgan fingerprint density at radius 1 is 1.28 bits per heavy atom. The Morgan fingerprint density at radius 3 is 2.78 bits per heavy atom. The van der Waals surface area contributed by atoms with E-state index in [1.54, 1.807) is 0 Å². The zero-order valence-corrected chi connectivity index (χ0v) is 10.7. The Hall–Kier alpha value is -1.42. The van der Waals surface area contributed by atoms with Gasteiger partial charge in [0.25, 0.3) is 0 Å². The lowest BCUT2D eigenvalue weighted by Crippen LogP contribution is -2.08. The summed E-state index contributed by atoms with van der Waals surface area (Å²) >= 11 is 0. The van der Waals surface area contributed by atoms with Crippen LogP contribution in [0.25, 0.3) is 0 Å². The highest BCUT2D eigenvalue weighted by Crippen LogP contribution is 2.38. The molecule has 2 aliphatic rings. The van der Waals surface area contributed by atoms with Gasteiger partial charge in [0.2, 0.25) is 6.79 Å². The van der Waals surface area contributed by atoms with E-state index in [1.807, 2.05) is 19.2 Å². The smallest absolute Gasteiger partial charge is 0.231 e. The van der Waals surface area contributed by atoms with E-state index in [4.69, 9.17) is 14.2 Å². The van der Waals surface area contributed by atoms with Crippen molar-refractivity contribution >= 4 is 0 Å². The van der Waals surface area contributed by atoms with Crippen molar-refractivity contribution in [2.45, 2.75) is 25.8 Å². The zero-order chi connectivity index (χ0) is 12.4. The second-order valence-electron chi connectivity index (χ2n) is 4.92. The van der Waals surface area contributed by atoms with Crippen molar-refractivity contribution in [3.05, 3.63) is 17.7 Å². The van der Waals surface area contributed by atoms with E-state index in [-0.39, 0.29) is 0 Å². The maximum Gasteiger partial charge on any atom is 0.231 e. The Labute approximate surface area is 107 Å². The molecule has 1 aromatic carbocycles. The molecular weight excluding hydrogens is 230 g/mol. The molecule has 1 heterocycles. The van der Waals surface area contributed by atoms with Crippen molar-refractivity contribution in [1.82, 2.24) is 5.32 Å². The summed E-state index contributed by atoms with van der Waals surface area (Å²) in [6, 6.07) is 3.95. The highest BCUT2D eigenvalue weighted by Gasteiger charge is 2.22. The molecular formula is C14H19NO3. The largest absolute Gasteiger partial charge is 0.493 e. The van der Waals surface area contributed by atoms with Crippen LogP contribution in [0.1, 0.15) is 24.8 Å². The number of nitrogens with one attached hydrogen (secondary N) is 1. The van der Waals surface area contributed by atoms with Gasteiger partial charge in [0, 0.05) is 18.2 Å². The fourth-order valence-electron chi connectivity index (χ4n) is 2.17. The van der Waals surface area contributed by atoms with E-state index in [9.17, 15) is 0 Å². The number of rotatable bonds is 6. The maximum atomic E-state index is 5.89. The maximum absolute atomic E-state index is 5.89. The van der Waals surface area contributed by atoms with E-state index in [2.05, 4.69) is 5.32 Å². The van der Waals surface area contributed by atoms with Gasteiger partial charge in [0.15, 0.2) is 11.5 Å². The molecule has 0 atom stereocenters. The van der Waals surface area contributed by atoms with Crippen LogP contribution in [0, 0.1) is 5.92 Å². The fraction of sp³-hybridized carbons (Fsp3) is 0.571. The van der Waals surface area contributed by atoms with Crippen LogP contribution in [-0.4, -0.2) is 20.4 Å². The van der Waals surface area contributed by atoms with Gasteiger partial charge in [-0.05, 0) is 25.5 Å². The molecule has 4 heteroatoms. The summed E-state index contributed by atoms with van der Waals surface area (Å²) in [5.74, 6) is 3.41. The topological polar surface area (TPSA) is 39.7 Å². The summed E-state index contributed by atoms with van der Waals surface area (Å²) in [5.41, 5.74) is 1.12. The Balaban J connectivity index is 1.72. The highest BCUT2D eigenvalue weighted by molar-refractivity contribution is 5.51. The summed E-state index contributed by atoms with van der Waals surface area (Å²) < 4.78 is 16.7. The van der Waals surface area contributed by atoms with Crippen molar-refractivity contribution in [2.24, 2.45) is 5.92 Å². The minimum atomic E-state index is 0.305. The number of hydrogen-bond donors (Lipinski definition) is 1. The monoisotopic (exact) mass is 249 g/mol. The summed E-state index contributed by atoms with van der Waals surface area (Å²) in [5, 5.41) is 3.15. The van der Waals surface area contributed by atoms with Gasteiger partial charge in [-0.2, -0.15) is 0 Å². The molecule has 1 aromatic rings. The molecule has 0 bridgehead atoms.